The van der Waals surface area contributed by atoms with E-state index in [1.807, 2.05) is 18.5 Å². The monoisotopic (exact) mass is 376 g/mol. The molecule has 2 saturated carbocycles. The molecule has 0 atom stereocenters. The molecule has 0 aromatic carbocycles. The molecule has 0 unspecified atom stereocenters. The van der Waals surface area contributed by atoms with Gasteiger partial charge in [-0.2, -0.15) is 0 Å². The molecule has 2 fully saturated rings. The fourth-order valence-corrected chi connectivity index (χ4v) is 3.92. The minimum absolute atomic E-state index is 0.489. The van der Waals surface area contributed by atoms with Gasteiger partial charge in [-0.1, -0.05) is 32.1 Å². The zero-order valence-corrected chi connectivity index (χ0v) is 17.0. The molecule has 0 aliphatic heterocycles. The van der Waals surface area contributed by atoms with Gasteiger partial charge in [0.2, 0.25) is 0 Å². The van der Waals surface area contributed by atoms with Crippen molar-refractivity contribution in [3.8, 4) is 0 Å². The summed E-state index contributed by atoms with van der Waals surface area (Å²) >= 11 is 0. The number of aromatic nitrogens is 3. The number of aliphatic imine (C=N–C) groups is 1. The molecule has 27 heavy (non-hydrogen) atoms. The van der Waals surface area contributed by atoms with Crippen LogP contribution in [0.5, 0.6) is 0 Å². The summed E-state index contributed by atoms with van der Waals surface area (Å²) in [5, 5.41) is 15.4. The second-order valence-electron chi connectivity index (χ2n) is 7.92. The van der Waals surface area contributed by atoms with Gasteiger partial charge in [-0.15, -0.1) is 10.2 Å². The van der Waals surface area contributed by atoms with Gasteiger partial charge in [-0.3, -0.25) is 0 Å². The molecule has 0 amide bonds. The summed E-state index contributed by atoms with van der Waals surface area (Å²) in [5.41, 5.74) is 0. The van der Waals surface area contributed by atoms with Crippen LogP contribution in [0.1, 0.15) is 75.9 Å². The van der Waals surface area contributed by atoms with E-state index in [9.17, 15) is 0 Å². The first-order chi connectivity index (χ1) is 13.2. The SMILES string of the molecule is Cc1nnc(CN=C(NCCCOC2CCCCC2)NC2CCCC2)n1C. The Kier molecular flexibility index (Phi) is 7.93. The molecular weight excluding hydrogens is 340 g/mol. The van der Waals surface area contributed by atoms with E-state index in [1.54, 1.807) is 0 Å². The molecule has 0 saturated heterocycles. The van der Waals surface area contributed by atoms with Gasteiger partial charge in [0, 0.05) is 26.2 Å². The van der Waals surface area contributed by atoms with E-state index in [1.165, 1.54) is 57.8 Å². The summed E-state index contributed by atoms with van der Waals surface area (Å²) < 4.78 is 8.02. The lowest BCUT2D eigenvalue weighted by Crippen LogP contribution is -2.43. The molecule has 3 rings (SSSR count). The lowest BCUT2D eigenvalue weighted by Gasteiger charge is -2.22. The van der Waals surface area contributed by atoms with E-state index in [0.29, 0.717) is 18.7 Å². The Morgan fingerprint density at radius 2 is 1.85 bits per heavy atom. The third kappa shape index (κ3) is 6.48. The summed E-state index contributed by atoms with van der Waals surface area (Å²) in [4.78, 5) is 4.75. The standard InChI is InChI=1S/C20H36N6O/c1-16-24-25-19(26(16)2)15-22-20(23-17-9-6-7-10-17)21-13-8-14-27-18-11-4-3-5-12-18/h17-18H,3-15H2,1-2H3,(H2,21,22,23). The van der Waals surface area contributed by atoms with Gasteiger partial charge in [0.15, 0.2) is 11.8 Å². The zero-order valence-electron chi connectivity index (χ0n) is 17.0. The highest BCUT2D eigenvalue weighted by Gasteiger charge is 2.17. The second-order valence-corrected chi connectivity index (χ2v) is 7.92. The largest absolute Gasteiger partial charge is 0.378 e. The Labute approximate surface area is 163 Å². The van der Waals surface area contributed by atoms with Crippen molar-refractivity contribution in [1.82, 2.24) is 25.4 Å². The first-order valence-corrected chi connectivity index (χ1v) is 10.7. The lowest BCUT2D eigenvalue weighted by molar-refractivity contribution is 0.0277. The highest BCUT2D eigenvalue weighted by molar-refractivity contribution is 5.80. The highest BCUT2D eigenvalue weighted by atomic mass is 16.5. The average molecular weight is 377 g/mol. The highest BCUT2D eigenvalue weighted by Crippen LogP contribution is 2.20. The summed E-state index contributed by atoms with van der Waals surface area (Å²) in [6, 6.07) is 0.538. The molecule has 1 aromatic rings. The van der Waals surface area contributed by atoms with Crippen molar-refractivity contribution in [3.63, 3.8) is 0 Å². The maximum Gasteiger partial charge on any atom is 0.191 e. The maximum absolute atomic E-state index is 6.02. The van der Waals surface area contributed by atoms with Crippen LogP contribution < -0.4 is 10.6 Å². The van der Waals surface area contributed by atoms with E-state index < -0.39 is 0 Å². The summed E-state index contributed by atoms with van der Waals surface area (Å²) in [5.74, 6) is 2.69. The molecule has 1 heterocycles. The first-order valence-electron chi connectivity index (χ1n) is 10.7. The van der Waals surface area contributed by atoms with Crippen molar-refractivity contribution in [2.75, 3.05) is 13.2 Å². The fourth-order valence-electron chi connectivity index (χ4n) is 3.92. The number of aryl methyl sites for hydroxylation is 1. The predicted molar refractivity (Wildman–Crippen MR) is 108 cm³/mol. The third-order valence-electron chi connectivity index (χ3n) is 5.78. The van der Waals surface area contributed by atoms with E-state index in [2.05, 4.69) is 20.8 Å². The molecule has 1 aromatic heterocycles. The molecule has 2 N–H and O–H groups in total. The van der Waals surface area contributed by atoms with Gasteiger partial charge < -0.3 is 19.9 Å². The number of guanidine groups is 1. The molecule has 7 nitrogen and oxygen atoms in total. The molecule has 0 spiro atoms. The zero-order chi connectivity index (χ0) is 18.9. The summed E-state index contributed by atoms with van der Waals surface area (Å²) in [6.45, 7) is 4.21. The molecule has 2 aliphatic carbocycles. The number of nitrogens with zero attached hydrogens (tertiary/aromatic N) is 4. The number of nitrogens with one attached hydrogen (secondary N) is 2. The van der Waals surface area contributed by atoms with Gasteiger partial charge >= 0.3 is 0 Å². The Bertz CT molecular complexity index is 587. The molecular formula is C20H36N6O. The smallest absolute Gasteiger partial charge is 0.191 e. The predicted octanol–water partition coefficient (Wildman–Crippen LogP) is 2.84. The molecule has 152 valence electrons. The van der Waals surface area contributed by atoms with Gasteiger partial charge in [0.25, 0.3) is 0 Å². The quantitative estimate of drug-likeness (QED) is 0.414. The Hall–Kier alpha value is -1.63. The van der Waals surface area contributed by atoms with Crippen molar-refractivity contribution in [2.24, 2.45) is 12.0 Å². The number of ether oxygens (including phenoxy) is 1. The van der Waals surface area contributed by atoms with Crippen LogP contribution in [-0.2, 0) is 18.3 Å². The Morgan fingerprint density at radius 1 is 1.11 bits per heavy atom. The van der Waals surface area contributed by atoms with Crippen LogP contribution in [0.3, 0.4) is 0 Å². The lowest BCUT2D eigenvalue weighted by atomic mass is 9.98. The average Bonchev–Trinajstić information content (AvgIpc) is 3.31. The van der Waals surface area contributed by atoms with E-state index in [-0.39, 0.29) is 0 Å². The summed E-state index contributed by atoms with van der Waals surface area (Å²) in [6.07, 6.45) is 13.1. The van der Waals surface area contributed by atoms with Crippen molar-refractivity contribution >= 4 is 5.96 Å². The van der Waals surface area contributed by atoms with Crippen LogP contribution in [0.25, 0.3) is 0 Å². The number of rotatable bonds is 8. The third-order valence-corrected chi connectivity index (χ3v) is 5.78. The van der Waals surface area contributed by atoms with Crippen LogP contribution in [0, 0.1) is 6.92 Å². The maximum atomic E-state index is 6.02. The number of hydrogen-bond donors (Lipinski definition) is 2. The Morgan fingerprint density at radius 3 is 2.56 bits per heavy atom. The fraction of sp³-hybridized carbons (Fsp3) is 0.850. The van der Waals surface area contributed by atoms with Crippen LogP contribution >= 0.6 is 0 Å². The van der Waals surface area contributed by atoms with Crippen LogP contribution in [0.2, 0.25) is 0 Å². The van der Waals surface area contributed by atoms with Crippen molar-refractivity contribution in [3.05, 3.63) is 11.6 Å². The van der Waals surface area contributed by atoms with Crippen molar-refractivity contribution < 1.29 is 4.74 Å². The van der Waals surface area contributed by atoms with E-state index in [4.69, 9.17) is 9.73 Å². The molecule has 0 bridgehead atoms. The second kappa shape index (κ2) is 10.6. The first kappa shape index (κ1) is 20.1. The molecule has 0 radical (unpaired) electrons. The molecule has 7 heteroatoms. The van der Waals surface area contributed by atoms with Crippen LogP contribution in [0.15, 0.2) is 4.99 Å². The number of hydrogen-bond acceptors (Lipinski definition) is 4. The van der Waals surface area contributed by atoms with Crippen LogP contribution in [-0.4, -0.2) is 46.0 Å². The van der Waals surface area contributed by atoms with Crippen molar-refractivity contribution in [1.29, 1.82) is 0 Å². The van der Waals surface area contributed by atoms with Gasteiger partial charge in [-0.05, 0) is 39.0 Å². The minimum atomic E-state index is 0.489. The molecule has 2 aliphatic rings. The Balaban J connectivity index is 1.44. The van der Waals surface area contributed by atoms with Crippen LogP contribution in [0.4, 0.5) is 0 Å². The van der Waals surface area contributed by atoms with Gasteiger partial charge in [0.1, 0.15) is 12.4 Å². The topological polar surface area (TPSA) is 76.4 Å². The van der Waals surface area contributed by atoms with Gasteiger partial charge in [-0.25, -0.2) is 4.99 Å². The summed E-state index contributed by atoms with van der Waals surface area (Å²) in [7, 11) is 1.99. The van der Waals surface area contributed by atoms with Crippen molar-refractivity contribution in [2.45, 2.75) is 89.8 Å². The minimum Gasteiger partial charge on any atom is -0.378 e. The van der Waals surface area contributed by atoms with E-state index in [0.717, 1.165) is 37.2 Å². The normalized spacial score (nSPS) is 19.6. The van der Waals surface area contributed by atoms with Gasteiger partial charge in [0.05, 0.1) is 6.10 Å². The van der Waals surface area contributed by atoms with E-state index >= 15 is 0 Å².